The maximum Gasteiger partial charge on any atom is 0.167 e. The molecule has 1 saturated heterocycles. The Kier molecular flexibility index (Phi) is 4.45. The molecule has 2 atom stereocenters. The molecule has 0 spiro atoms. The van der Waals surface area contributed by atoms with E-state index in [1.54, 1.807) is 6.07 Å². The van der Waals surface area contributed by atoms with Gasteiger partial charge in [0.15, 0.2) is 11.6 Å². The molecular formula is C20H25FN6O. The van der Waals surface area contributed by atoms with Crippen molar-refractivity contribution in [3.05, 3.63) is 41.6 Å². The van der Waals surface area contributed by atoms with Gasteiger partial charge in [-0.2, -0.15) is 0 Å². The number of nitrogen functional groups attached to an aromatic ring is 1. The fourth-order valence-electron chi connectivity index (χ4n) is 3.58. The van der Waals surface area contributed by atoms with Crippen LogP contribution in [0.2, 0.25) is 0 Å². The first-order chi connectivity index (χ1) is 13.3. The Labute approximate surface area is 163 Å². The zero-order chi connectivity index (χ0) is 20.1. The molecule has 1 aromatic carbocycles. The van der Waals surface area contributed by atoms with Gasteiger partial charge >= 0.3 is 0 Å². The number of hydrogen-bond acceptors (Lipinski definition) is 7. The Balaban J connectivity index is 1.64. The quantitative estimate of drug-likeness (QED) is 0.539. The van der Waals surface area contributed by atoms with Crippen molar-refractivity contribution in [3.8, 4) is 5.75 Å². The van der Waals surface area contributed by atoms with Gasteiger partial charge in [0.05, 0.1) is 11.4 Å². The van der Waals surface area contributed by atoms with E-state index in [1.165, 1.54) is 18.5 Å². The van der Waals surface area contributed by atoms with Crippen LogP contribution in [0.4, 0.5) is 15.9 Å². The summed E-state index contributed by atoms with van der Waals surface area (Å²) < 4.78 is 20.1. The number of nitrogens with two attached hydrogens (primary N) is 2. The van der Waals surface area contributed by atoms with Crippen LogP contribution in [0.1, 0.15) is 44.4 Å². The van der Waals surface area contributed by atoms with Gasteiger partial charge in [-0.05, 0) is 39.2 Å². The molecule has 28 heavy (non-hydrogen) atoms. The van der Waals surface area contributed by atoms with Crippen LogP contribution in [0.25, 0.3) is 0 Å². The Morgan fingerprint density at radius 2 is 2.07 bits per heavy atom. The fraction of sp³-hybridized carbons (Fsp3) is 0.450. The van der Waals surface area contributed by atoms with E-state index in [-0.39, 0.29) is 34.8 Å². The summed E-state index contributed by atoms with van der Waals surface area (Å²) in [5.41, 5.74) is 12.8. The van der Waals surface area contributed by atoms with Crippen LogP contribution in [0, 0.1) is 11.2 Å². The molecule has 1 aromatic heterocycles. The molecule has 2 aliphatic rings. The zero-order valence-corrected chi connectivity index (χ0v) is 16.1. The van der Waals surface area contributed by atoms with Crippen molar-refractivity contribution in [2.75, 3.05) is 17.2 Å². The molecule has 1 aliphatic heterocycles. The fourth-order valence-corrected chi connectivity index (χ4v) is 3.58. The van der Waals surface area contributed by atoms with Gasteiger partial charge in [-0.3, -0.25) is 5.41 Å². The molecule has 8 heteroatoms. The molecule has 0 bridgehead atoms. The standard InChI is InChI=1S/C20H25FN6O/c1-11-5-12(22)9-27(11)18-8-16(25-10-26-18)19(24)13-6-17(14(21)7-15(13)23)28-20(2)3-4-20/h6-8,10-12,24H,3-5,9,22-23H2,1-2H3/t11-,12+/m0/s1. The first-order valence-corrected chi connectivity index (χ1v) is 9.47. The van der Waals surface area contributed by atoms with Gasteiger partial charge in [0.2, 0.25) is 0 Å². The molecule has 7 nitrogen and oxygen atoms in total. The Morgan fingerprint density at radius 3 is 2.71 bits per heavy atom. The normalized spacial score (nSPS) is 22.9. The first kappa shape index (κ1) is 18.6. The maximum absolute atomic E-state index is 14.3. The molecule has 1 saturated carbocycles. The number of halogens is 1. The van der Waals surface area contributed by atoms with Crippen molar-refractivity contribution < 1.29 is 9.13 Å². The highest BCUT2D eigenvalue weighted by molar-refractivity contribution is 6.13. The third kappa shape index (κ3) is 3.52. The van der Waals surface area contributed by atoms with Crippen molar-refractivity contribution in [1.82, 2.24) is 9.97 Å². The van der Waals surface area contributed by atoms with E-state index in [2.05, 4.69) is 21.8 Å². The van der Waals surface area contributed by atoms with Gasteiger partial charge in [-0.15, -0.1) is 0 Å². The van der Waals surface area contributed by atoms with E-state index >= 15 is 0 Å². The molecular weight excluding hydrogens is 359 g/mol. The summed E-state index contributed by atoms with van der Waals surface area (Å²) in [6, 6.07) is 4.82. The van der Waals surface area contributed by atoms with E-state index in [9.17, 15) is 4.39 Å². The lowest BCUT2D eigenvalue weighted by atomic mass is 10.0. The van der Waals surface area contributed by atoms with Gasteiger partial charge in [0, 0.05) is 42.0 Å². The van der Waals surface area contributed by atoms with Crippen LogP contribution in [0.3, 0.4) is 0 Å². The average Bonchev–Trinajstić information content (AvgIpc) is 3.28. The predicted octanol–water partition coefficient (Wildman–Crippen LogP) is 2.47. The summed E-state index contributed by atoms with van der Waals surface area (Å²) in [5.74, 6) is 0.311. The second-order valence-corrected chi connectivity index (χ2v) is 8.06. The van der Waals surface area contributed by atoms with Crippen LogP contribution in [0.15, 0.2) is 24.5 Å². The van der Waals surface area contributed by atoms with Crippen molar-refractivity contribution >= 4 is 17.2 Å². The van der Waals surface area contributed by atoms with Gasteiger partial charge in [-0.25, -0.2) is 14.4 Å². The molecule has 5 N–H and O–H groups in total. The van der Waals surface area contributed by atoms with Gasteiger partial charge < -0.3 is 21.1 Å². The van der Waals surface area contributed by atoms with E-state index < -0.39 is 5.82 Å². The van der Waals surface area contributed by atoms with Gasteiger partial charge in [0.1, 0.15) is 17.7 Å². The molecule has 148 valence electrons. The van der Waals surface area contributed by atoms with Crippen LogP contribution in [-0.4, -0.2) is 39.9 Å². The summed E-state index contributed by atoms with van der Waals surface area (Å²) in [6.45, 7) is 4.74. The lowest BCUT2D eigenvalue weighted by Gasteiger charge is -2.22. The Hall–Kier alpha value is -2.74. The summed E-state index contributed by atoms with van der Waals surface area (Å²) in [7, 11) is 0. The highest BCUT2D eigenvalue weighted by Crippen LogP contribution is 2.41. The summed E-state index contributed by atoms with van der Waals surface area (Å²) >= 11 is 0. The molecule has 2 heterocycles. The highest BCUT2D eigenvalue weighted by atomic mass is 19.1. The number of nitrogens with zero attached hydrogens (tertiary/aromatic N) is 3. The summed E-state index contributed by atoms with van der Waals surface area (Å²) in [5, 5.41) is 8.59. The van der Waals surface area contributed by atoms with Crippen molar-refractivity contribution in [3.63, 3.8) is 0 Å². The van der Waals surface area contributed by atoms with Gasteiger partial charge in [-0.1, -0.05) is 0 Å². The number of nitrogens with one attached hydrogen (secondary N) is 1. The minimum absolute atomic E-state index is 0.100. The third-order valence-electron chi connectivity index (χ3n) is 5.49. The van der Waals surface area contributed by atoms with E-state index in [0.29, 0.717) is 17.8 Å². The Morgan fingerprint density at radius 1 is 1.32 bits per heavy atom. The molecule has 0 unspecified atom stereocenters. The number of hydrogen-bond donors (Lipinski definition) is 3. The second-order valence-electron chi connectivity index (χ2n) is 8.06. The lowest BCUT2D eigenvalue weighted by Crippen LogP contribution is -2.30. The maximum atomic E-state index is 14.3. The monoisotopic (exact) mass is 384 g/mol. The smallest absolute Gasteiger partial charge is 0.167 e. The van der Waals surface area contributed by atoms with Crippen LogP contribution >= 0.6 is 0 Å². The summed E-state index contributed by atoms with van der Waals surface area (Å²) in [6.07, 6.45) is 4.09. The van der Waals surface area contributed by atoms with Crippen molar-refractivity contribution in [2.45, 2.75) is 50.8 Å². The minimum Gasteiger partial charge on any atom is -0.484 e. The van der Waals surface area contributed by atoms with E-state index in [0.717, 1.165) is 25.1 Å². The van der Waals surface area contributed by atoms with Crippen LogP contribution in [-0.2, 0) is 0 Å². The molecule has 2 aromatic rings. The SMILES string of the molecule is C[C@H]1C[C@@H](N)CN1c1cc(C(=N)c2cc(OC3(C)CC3)c(F)cc2N)ncn1. The average molecular weight is 384 g/mol. The van der Waals surface area contributed by atoms with Gasteiger partial charge in [0.25, 0.3) is 0 Å². The van der Waals surface area contributed by atoms with E-state index in [1.807, 2.05) is 6.92 Å². The Bertz CT molecular complexity index is 929. The largest absolute Gasteiger partial charge is 0.484 e. The van der Waals surface area contributed by atoms with Crippen LogP contribution in [0.5, 0.6) is 5.75 Å². The number of ether oxygens (including phenoxy) is 1. The third-order valence-corrected chi connectivity index (χ3v) is 5.49. The molecule has 0 radical (unpaired) electrons. The van der Waals surface area contributed by atoms with Crippen LogP contribution < -0.4 is 21.1 Å². The summed E-state index contributed by atoms with van der Waals surface area (Å²) in [4.78, 5) is 10.7. The molecule has 0 amide bonds. The minimum atomic E-state index is -0.523. The number of anilines is 2. The number of benzene rings is 1. The molecule has 2 fully saturated rings. The lowest BCUT2D eigenvalue weighted by molar-refractivity contribution is 0.191. The molecule has 4 rings (SSSR count). The van der Waals surface area contributed by atoms with Crippen molar-refractivity contribution in [2.24, 2.45) is 5.73 Å². The zero-order valence-electron chi connectivity index (χ0n) is 16.1. The first-order valence-electron chi connectivity index (χ1n) is 9.47. The second kappa shape index (κ2) is 6.70. The van der Waals surface area contributed by atoms with Crippen molar-refractivity contribution in [1.29, 1.82) is 5.41 Å². The highest BCUT2D eigenvalue weighted by Gasteiger charge is 2.40. The number of rotatable bonds is 5. The number of aromatic nitrogens is 2. The predicted molar refractivity (Wildman–Crippen MR) is 106 cm³/mol. The van der Waals surface area contributed by atoms with E-state index in [4.69, 9.17) is 21.6 Å². The topological polar surface area (TPSA) is 114 Å². The molecule has 1 aliphatic carbocycles.